The summed E-state index contributed by atoms with van der Waals surface area (Å²) in [5.41, 5.74) is 2.63. The number of amides is 1. The number of carbonyl (C=O) groups is 3. The fourth-order valence-electron chi connectivity index (χ4n) is 3.48. The molecule has 0 saturated carbocycles. The molecule has 0 bridgehead atoms. The molecule has 0 aliphatic carbocycles. The zero-order chi connectivity index (χ0) is 23.4. The Hall–Kier alpha value is -3.78. The summed E-state index contributed by atoms with van der Waals surface area (Å²) in [7, 11) is 0. The molecule has 0 unspecified atom stereocenters. The van der Waals surface area contributed by atoms with Crippen molar-refractivity contribution < 1.29 is 19.1 Å². The largest absolute Gasteiger partial charge is 0.451 e. The van der Waals surface area contributed by atoms with Crippen LogP contribution in [0, 0.1) is 6.92 Å². The van der Waals surface area contributed by atoms with Gasteiger partial charge in [-0.1, -0.05) is 48.5 Å². The molecule has 2 aromatic heterocycles. The number of carbonyl (C=O) groups excluding carboxylic acids is 3. The van der Waals surface area contributed by atoms with Crippen molar-refractivity contribution in [2.45, 2.75) is 26.3 Å². The van der Waals surface area contributed by atoms with Crippen LogP contribution < -0.4 is 5.32 Å². The number of hydrogen-bond acceptors (Lipinski definition) is 6. The Labute approximate surface area is 195 Å². The van der Waals surface area contributed by atoms with Crippen LogP contribution in [0.15, 0.2) is 66.7 Å². The highest BCUT2D eigenvalue weighted by Gasteiger charge is 2.21. The zero-order valence-corrected chi connectivity index (χ0v) is 19.1. The second kappa shape index (κ2) is 9.79. The fourth-order valence-corrected chi connectivity index (χ4v) is 4.55. The lowest BCUT2D eigenvalue weighted by Crippen LogP contribution is -2.43. The van der Waals surface area contributed by atoms with Gasteiger partial charge in [-0.2, -0.15) is 5.10 Å². The molecule has 0 radical (unpaired) electrons. The van der Waals surface area contributed by atoms with Crippen molar-refractivity contribution in [3.05, 3.63) is 82.9 Å². The SMILES string of the molecule is CC(=O)[C@H](Cc1ccccc1)NC(=O)COC(=O)c1cc2c(C)nn(-c3ccccc3)c2s1. The molecule has 2 heterocycles. The number of rotatable bonds is 8. The fraction of sp³-hybridized carbons (Fsp3) is 0.200. The van der Waals surface area contributed by atoms with Crippen LogP contribution in [0.5, 0.6) is 0 Å². The van der Waals surface area contributed by atoms with Crippen molar-refractivity contribution in [2.24, 2.45) is 0 Å². The number of Topliss-reactive ketones (excluding diaryl/α,β-unsaturated/α-hetero) is 1. The molecule has 0 saturated heterocycles. The number of ether oxygens (including phenoxy) is 1. The number of esters is 1. The van der Waals surface area contributed by atoms with Gasteiger partial charge in [0.2, 0.25) is 0 Å². The summed E-state index contributed by atoms with van der Waals surface area (Å²) in [5.74, 6) is -1.27. The lowest BCUT2D eigenvalue weighted by molar-refractivity contribution is -0.128. The molecule has 1 N–H and O–H groups in total. The lowest BCUT2D eigenvalue weighted by atomic mass is 10.0. The first-order chi connectivity index (χ1) is 15.9. The molecular formula is C25H23N3O4S. The minimum Gasteiger partial charge on any atom is -0.451 e. The van der Waals surface area contributed by atoms with Crippen LogP contribution >= 0.6 is 11.3 Å². The predicted octanol–water partition coefficient (Wildman–Crippen LogP) is 3.87. The molecule has 0 fully saturated rings. The third-order valence-electron chi connectivity index (χ3n) is 5.19. The Morgan fingerprint density at radius 3 is 2.39 bits per heavy atom. The number of aryl methyl sites for hydroxylation is 1. The van der Waals surface area contributed by atoms with E-state index >= 15 is 0 Å². The topological polar surface area (TPSA) is 90.3 Å². The van der Waals surface area contributed by atoms with Crippen LogP contribution in [0.4, 0.5) is 0 Å². The van der Waals surface area contributed by atoms with Crippen LogP contribution in [0.3, 0.4) is 0 Å². The minimum absolute atomic E-state index is 0.163. The maximum absolute atomic E-state index is 12.6. The van der Waals surface area contributed by atoms with E-state index in [1.54, 1.807) is 10.7 Å². The number of fused-ring (bicyclic) bond motifs is 1. The third kappa shape index (κ3) is 5.18. The highest BCUT2D eigenvalue weighted by Crippen LogP contribution is 2.30. The van der Waals surface area contributed by atoms with Gasteiger partial charge in [0.15, 0.2) is 12.4 Å². The minimum atomic E-state index is -0.678. The summed E-state index contributed by atoms with van der Waals surface area (Å²) >= 11 is 1.26. The van der Waals surface area contributed by atoms with Crippen molar-refractivity contribution in [3.8, 4) is 5.69 Å². The average Bonchev–Trinajstić information content (AvgIpc) is 3.39. The second-order valence-electron chi connectivity index (χ2n) is 7.66. The summed E-state index contributed by atoms with van der Waals surface area (Å²) in [4.78, 5) is 38.1. The maximum Gasteiger partial charge on any atom is 0.348 e. The quantitative estimate of drug-likeness (QED) is 0.402. The highest BCUT2D eigenvalue weighted by atomic mass is 32.1. The van der Waals surface area contributed by atoms with E-state index in [4.69, 9.17) is 4.74 Å². The van der Waals surface area contributed by atoms with Gasteiger partial charge >= 0.3 is 5.97 Å². The number of aromatic nitrogens is 2. The Morgan fingerprint density at radius 1 is 1.06 bits per heavy atom. The maximum atomic E-state index is 12.6. The molecule has 168 valence electrons. The Bertz CT molecular complexity index is 1300. The summed E-state index contributed by atoms with van der Waals surface area (Å²) in [6.07, 6.45) is 0.376. The molecule has 0 spiro atoms. The smallest absolute Gasteiger partial charge is 0.348 e. The van der Waals surface area contributed by atoms with Crippen LogP contribution in [0.1, 0.15) is 27.9 Å². The predicted molar refractivity (Wildman–Crippen MR) is 127 cm³/mol. The van der Waals surface area contributed by atoms with Gasteiger partial charge in [0.25, 0.3) is 5.91 Å². The zero-order valence-electron chi connectivity index (χ0n) is 18.3. The molecule has 33 heavy (non-hydrogen) atoms. The standard InChI is InChI=1S/C25H23N3O4S/c1-16-20-14-22(33-24(20)28(27-16)19-11-7-4-8-12-19)25(31)32-15-23(30)26-21(17(2)29)13-18-9-5-3-6-10-18/h3-12,14,21H,13,15H2,1-2H3,(H,26,30)/t21-/m0/s1. The first-order valence-corrected chi connectivity index (χ1v) is 11.3. The van der Waals surface area contributed by atoms with Crippen molar-refractivity contribution in [1.29, 1.82) is 0 Å². The molecule has 1 atom stereocenters. The number of para-hydroxylation sites is 1. The molecule has 4 rings (SSSR count). The van der Waals surface area contributed by atoms with E-state index in [1.165, 1.54) is 18.3 Å². The molecule has 8 heteroatoms. The molecule has 1 amide bonds. The molecule has 4 aromatic rings. The lowest BCUT2D eigenvalue weighted by Gasteiger charge is -2.16. The van der Waals surface area contributed by atoms with Crippen LogP contribution in [-0.2, 0) is 20.7 Å². The van der Waals surface area contributed by atoms with Crippen molar-refractivity contribution in [3.63, 3.8) is 0 Å². The third-order valence-corrected chi connectivity index (χ3v) is 6.28. The Morgan fingerprint density at radius 2 is 1.73 bits per heavy atom. The van der Waals surface area contributed by atoms with E-state index in [-0.39, 0.29) is 5.78 Å². The number of nitrogens with zero attached hydrogens (tertiary/aromatic N) is 2. The summed E-state index contributed by atoms with van der Waals surface area (Å²) < 4.78 is 7.02. The van der Waals surface area contributed by atoms with E-state index in [2.05, 4.69) is 10.4 Å². The van der Waals surface area contributed by atoms with E-state index in [9.17, 15) is 14.4 Å². The summed E-state index contributed by atoms with van der Waals surface area (Å²) in [5, 5.41) is 8.07. The second-order valence-corrected chi connectivity index (χ2v) is 8.69. The molecule has 0 aliphatic heterocycles. The van der Waals surface area contributed by atoms with Gasteiger partial charge in [0, 0.05) is 5.39 Å². The van der Waals surface area contributed by atoms with E-state index in [0.717, 1.165) is 27.2 Å². The van der Waals surface area contributed by atoms with Gasteiger partial charge in [-0.3, -0.25) is 9.59 Å². The number of nitrogens with one attached hydrogen (secondary N) is 1. The number of thiophene rings is 1. The normalized spacial score (nSPS) is 11.8. The van der Waals surface area contributed by atoms with E-state index < -0.39 is 24.5 Å². The van der Waals surface area contributed by atoms with Gasteiger partial charge in [-0.15, -0.1) is 11.3 Å². The molecule has 7 nitrogen and oxygen atoms in total. The Balaban J connectivity index is 1.41. The van der Waals surface area contributed by atoms with Crippen molar-refractivity contribution in [1.82, 2.24) is 15.1 Å². The number of hydrogen-bond donors (Lipinski definition) is 1. The van der Waals surface area contributed by atoms with Gasteiger partial charge in [-0.05, 0) is 44.0 Å². The number of benzene rings is 2. The molecule has 0 aliphatic rings. The summed E-state index contributed by atoms with van der Waals surface area (Å²) in [6.45, 7) is 2.84. The van der Waals surface area contributed by atoms with Gasteiger partial charge in [0.05, 0.1) is 17.4 Å². The molecular weight excluding hydrogens is 438 g/mol. The average molecular weight is 462 g/mol. The van der Waals surface area contributed by atoms with Crippen molar-refractivity contribution in [2.75, 3.05) is 6.61 Å². The first kappa shape index (κ1) is 22.4. The van der Waals surface area contributed by atoms with Gasteiger partial charge in [-0.25, -0.2) is 9.48 Å². The highest BCUT2D eigenvalue weighted by molar-refractivity contribution is 7.20. The van der Waals surface area contributed by atoms with Gasteiger partial charge < -0.3 is 10.1 Å². The van der Waals surface area contributed by atoms with Gasteiger partial charge in [0.1, 0.15) is 9.71 Å². The summed E-state index contributed by atoms with van der Waals surface area (Å²) in [6, 6.07) is 20.1. The first-order valence-electron chi connectivity index (χ1n) is 10.5. The van der Waals surface area contributed by atoms with Crippen LogP contribution in [0.25, 0.3) is 15.9 Å². The van der Waals surface area contributed by atoms with E-state index in [0.29, 0.717) is 11.3 Å². The Kier molecular flexibility index (Phi) is 6.65. The monoisotopic (exact) mass is 461 g/mol. The van der Waals surface area contributed by atoms with Crippen molar-refractivity contribution >= 4 is 39.2 Å². The number of ketones is 1. The molecule has 2 aromatic carbocycles. The van der Waals surface area contributed by atoms with E-state index in [1.807, 2.05) is 67.6 Å². The van der Waals surface area contributed by atoms with Crippen LogP contribution in [-0.4, -0.2) is 40.1 Å². The van der Waals surface area contributed by atoms with Crippen LogP contribution in [0.2, 0.25) is 0 Å².